The molecule has 3 nitrogen and oxygen atoms in total. The molecule has 0 aliphatic heterocycles. The monoisotopic (exact) mass is 82.0 g/mol. The van der Waals surface area contributed by atoms with Crippen LogP contribution >= 0.6 is 0 Å². The van der Waals surface area contributed by atoms with E-state index in [1.807, 2.05) is 0 Å². The molecule has 5 heavy (non-hydrogen) atoms. The molecule has 0 aromatic heterocycles. The first-order valence-electron chi connectivity index (χ1n) is 0.830. The second-order valence-corrected chi connectivity index (χ2v) is 0.282. The largest absolute Gasteiger partial charge is 1.00 e. The molecule has 0 rings (SSSR count). The maximum absolute atomic E-state index is 8.76. The minimum absolute atomic E-state index is 0. The Morgan fingerprint density at radius 3 is 2.00 bits per heavy atom. The predicted octanol–water partition coefficient (Wildman–Crippen LogP) is -2.32. The average molecular weight is 82.0 g/mol. The minimum Gasteiger partial charge on any atom is -0.566 e. The summed E-state index contributed by atoms with van der Waals surface area (Å²) in [6.45, 7) is 0. The third-order valence-electron chi connectivity index (χ3n) is 0.0816. The number of hydrogen-bond acceptors (Lipinski definition) is 2. The zero-order valence-corrected chi connectivity index (χ0v) is 5.30. The first kappa shape index (κ1) is 9.04. The summed E-state index contributed by atoms with van der Waals surface area (Å²) >= 11 is 0. The Hall–Kier alpha value is 0.400. The predicted molar refractivity (Wildman–Crippen MR) is 15.1 cm³/mol. The van der Waals surface area contributed by atoms with Crippen molar-refractivity contribution in [2.45, 2.75) is 0 Å². The smallest absolute Gasteiger partial charge is 0.566 e. The molecule has 0 heterocycles. The van der Waals surface area contributed by atoms with Gasteiger partial charge in [0.25, 0.3) is 0 Å². The van der Waals surface area contributed by atoms with Crippen molar-refractivity contribution >= 4 is 0 Å². The van der Waals surface area contributed by atoms with Crippen molar-refractivity contribution < 1.29 is 29.6 Å². The molecular formula is CH3N2NaO. The SMILES string of the molecule is C[N-]N=O.[Na+]. The summed E-state index contributed by atoms with van der Waals surface area (Å²) < 4.78 is 0. The molecule has 0 saturated heterocycles. The van der Waals surface area contributed by atoms with Crippen LogP contribution in [0.2, 0.25) is 0 Å². The summed E-state index contributed by atoms with van der Waals surface area (Å²) in [6, 6.07) is 0. The molecule has 0 spiro atoms. The van der Waals surface area contributed by atoms with Gasteiger partial charge in [-0.05, 0) is 0 Å². The fourth-order valence-electron chi connectivity index (χ4n) is 0. The first-order chi connectivity index (χ1) is 1.91. The standard InChI is InChI=1S/CH4N2O.Na/c1-2-3-4;/h1H3,(H,2,4);/q;+1/p-1. The Labute approximate surface area is 52.4 Å². The number of hydrogen-bond donors (Lipinski definition) is 0. The molecule has 0 radical (unpaired) electrons. The second kappa shape index (κ2) is 8.83. The molecule has 0 aromatic rings. The molecule has 0 amide bonds. The average Bonchev–Trinajstić information content (AvgIpc) is 1.37. The Morgan fingerprint density at radius 1 is 1.80 bits per heavy atom. The van der Waals surface area contributed by atoms with Gasteiger partial charge in [0.2, 0.25) is 0 Å². The van der Waals surface area contributed by atoms with Gasteiger partial charge in [-0.25, -0.2) is 0 Å². The fraction of sp³-hybridized carbons (Fsp3) is 1.00. The summed E-state index contributed by atoms with van der Waals surface area (Å²) in [5, 5.41) is 2.11. The molecule has 0 atom stereocenters. The number of rotatable bonds is 1. The molecule has 4 heteroatoms. The maximum Gasteiger partial charge on any atom is 1.00 e. The van der Waals surface area contributed by atoms with E-state index in [1.54, 1.807) is 0 Å². The molecule has 0 aliphatic carbocycles. The van der Waals surface area contributed by atoms with Gasteiger partial charge in [0.15, 0.2) is 0 Å². The Morgan fingerprint density at radius 2 is 2.00 bits per heavy atom. The van der Waals surface area contributed by atoms with Gasteiger partial charge in [-0.3, -0.25) is 0 Å². The van der Waals surface area contributed by atoms with E-state index in [0.29, 0.717) is 0 Å². The third kappa shape index (κ3) is 12.9. The quantitative estimate of drug-likeness (QED) is 0.199. The van der Waals surface area contributed by atoms with Crippen LogP contribution in [0, 0.1) is 4.91 Å². The first-order valence-corrected chi connectivity index (χ1v) is 0.830. The molecule has 0 bridgehead atoms. The Bertz CT molecular complexity index is 23.6. The molecule has 0 unspecified atom stereocenters. The van der Waals surface area contributed by atoms with Crippen molar-refractivity contribution in [3.05, 3.63) is 10.3 Å². The van der Waals surface area contributed by atoms with E-state index in [9.17, 15) is 0 Å². The molecule has 0 aliphatic rings. The van der Waals surface area contributed by atoms with Crippen LogP contribution in [-0.4, -0.2) is 7.05 Å². The summed E-state index contributed by atoms with van der Waals surface area (Å²) in [4.78, 5) is 8.76. The van der Waals surface area contributed by atoms with Crippen LogP contribution in [0.4, 0.5) is 0 Å². The van der Waals surface area contributed by atoms with E-state index in [1.165, 1.54) is 7.05 Å². The molecular weight excluding hydrogens is 79.0 g/mol. The van der Waals surface area contributed by atoms with E-state index in [4.69, 9.17) is 4.91 Å². The zero-order valence-electron chi connectivity index (χ0n) is 3.30. The number of nitroso groups, excluding NO2 is 1. The van der Waals surface area contributed by atoms with Gasteiger partial charge in [-0.15, -0.1) is 12.3 Å². The van der Waals surface area contributed by atoms with Gasteiger partial charge in [-0.2, -0.15) is 4.91 Å². The molecule has 0 fully saturated rings. The van der Waals surface area contributed by atoms with Crippen LogP contribution in [0.15, 0.2) is 5.29 Å². The van der Waals surface area contributed by atoms with E-state index >= 15 is 0 Å². The molecule has 24 valence electrons. The summed E-state index contributed by atoms with van der Waals surface area (Å²) in [5.41, 5.74) is 2.81. The maximum atomic E-state index is 8.76. The normalized spacial score (nSPS) is 4.20. The Balaban J connectivity index is 0. The summed E-state index contributed by atoms with van der Waals surface area (Å²) in [6.07, 6.45) is 0. The minimum atomic E-state index is 0. The van der Waals surface area contributed by atoms with Gasteiger partial charge < -0.3 is 5.43 Å². The third-order valence-corrected chi connectivity index (χ3v) is 0.0816. The molecule has 0 aromatic carbocycles. The van der Waals surface area contributed by atoms with Crippen LogP contribution in [0.3, 0.4) is 0 Å². The van der Waals surface area contributed by atoms with Gasteiger partial charge in [-0.1, -0.05) is 0 Å². The van der Waals surface area contributed by atoms with Crippen molar-refractivity contribution in [2.75, 3.05) is 7.05 Å². The van der Waals surface area contributed by atoms with Gasteiger partial charge in [0.1, 0.15) is 0 Å². The summed E-state index contributed by atoms with van der Waals surface area (Å²) in [7, 11) is 1.33. The van der Waals surface area contributed by atoms with Crippen molar-refractivity contribution in [2.24, 2.45) is 5.29 Å². The van der Waals surface area contributed by atoms with Crippen LogP contribution in [0.5, 0.6) is 0 Å². The van der Waals surface area contributed by atoms with Crippen LogP contribution in [0.1, 0.15) is 0 Å². The van der Waals surface area contributed by atoms with E-state index in [-0.39, 0.29) is 29.6 Å². The van der Waals surface area contributed by atoms with Crippen LogP contribution < -0.4 is 29.6 Å². The van der Waals surface area contributed by atoms with Gasteiger partial charge >= 0.3 is 29.6 Å². The van der Waals surface area contributed by atoms with Gasteiger partial charge in [0.05, 0.1) is 0 Å². The zero-order chi connectivity index (χ0) is 3.41. The fourth-order valence-corrected chi connectivity index (χ4v) is 0. The number of nitrogens with zero attached hydrogens (tertiary/aromatic N) is 2. The summed E-state index contributed by atoms with van der Waals surface area (Å²) in [5.74, 6) is 0. The van der Waals surface area contributed by atoms with Crippen molar-refractivity contribution in [1.82, 2.24) is 0 Å². The molecule has 0 saturated carbocycles. The van der Waals surface area contributed by atoms with E-state index in [0.717, 1.165) is 0 Å². The van der Waals surface area contributed by atoms with Gasteiger partial charge in [0, 0.05) is 0 Å². The van der Waals surface area contributed by atoms with Crippen molar-refractivity contribution in [1.29, 1.82) is 0 Å². The van der Waals surface area contributed by atoms with Crippen molar-refractivity contribution in [3.63, 3.8) is 0 Å². The van der Waals surface area contributed by atoms with Crippen LogP contribution in [0.25, 0.3) is 5.43 Å². The van der Waals surface area contributed by atoms with E-state index in [2.05, 4.69) is 10.7 Å². The Kier molecular flexibility index (Phi) is 16.0. The topological polar surface area (TPSA) is 43.5 Å². The molecule has 0 N–H and O–H groups in total. The second-order valence-electron chi connectivity index (χ2n) is 0.282. The van der Waals surface area contributed by atoms with E-state index < -0.39 is 0 Å². The van der Waals surface area contributed by atoms with Crippen molar-refractivity contribution in [3.8, 4) is 0 Å². The van der Waals surface area contributed by atoms with Crippen LogP contribution in [-0.2, 0) is 0 Å².